The molecule has 0 saturated carbocycles. The van der Waals surface area contributed by atoms with Crippen molar-refractivity contribution in [2.24, 2.45) is 0 Å². The van der Waals surface area contributed by atoms with Gasteiger partial charge in [-0.1, -0.05) is 0 Å². The summed E-state index contributed by atoms with van der Waals surface area (Å²) in [7, 11) is 5.32. The monoisotopic (exact) mass is 334 g/mol. The normalized spacial score (nSPS) is 14.3. The van der Waals surface area contributed by atoms with Gasteiger partial charge in [-0.2, -0.15) is 0 Å². The average molecular weight is 334 g/mol. The highest BCUT2D eigenvalue weighted by Crippen LogP contribution is 2.33. The van der Waals surface area contributed by atoms with E-state index >= 15 is 0 Å². The molecule has 6 nitrogen and oxygen atoms in total. The number of aromatic amines is 1. The molecule has 0 fully saturated rings. The van der Waals surface area contributed by atoms with Crippen molar-refractivity contribution in [2.75, 3.05) is 27.7 Å². The van der Waals surface area contributed by atoms with Gasteiger partial charge in [0.15, 0.2) is 0 Å². The van der Waals surface area contributed by atoms with Gasteiger partial charge in [0.05, 0.1) is 18.5 Å². The van der Waals surface area contributed by atoms with E-state index in [4.69, 9.17) is 0 Å². The number of carbonyl (C=O) groups excluding carboxylic acids is 1. The van der Waals surface area contributed by atoms with Gasteiger partial charge in [-0.05, 0) is 38.3 Å². The first-order valence-electron chi connectivity index (χ1n) is 7.88. The molecule has 0 atom stereocenters. The van der Waals surface area contributed by atoms with Crippen molar-refractivity contribution in [2.45, 2.75) is 32.2 Å². The van der Waals surface area contributed by atoms with E-state index in [1.54, 1.807) is 30.3 Å². The summed E-state index contributed by atoms with van der Waals surface area (Å²) in [6, 6.07) is 0. The maximum absolute atomic E-state index is 12.5. The van der Waals surface area contributed by atoms with Gasteiger partial charge in [0.1, 0.15) is 10.7 Å². The number of carbonyl (C=O) groups is 1. The predicted molar refractivity (Wildman–Crippen MR) is 91.9 cm³/mol. The minimum atomic E-state index is -0.0447. The third kappa shape index (κ3) is 3.30. The van der Waals surface area contributed by atoms with E-state index < -0.39 is 0 Å². The van der Waals surface area contributed by atoms with Crippen LogP contribution >= 0.6 is 11.3 Å². The molecule has 7 heteroatoms. The van der Waals surface area contributed by atoms with E-state index in [-0.39, 0.29) is 11.5 Å². The molecule has 1 aliphatic carbocycles. The van der Waals surface area contributed by atoms with Crippen LogP contribution < -0.4 is 5.56 Å². The fourth-order valence-corrected chi connectivity index (χ4v) is 4.25. The molecule has 0 radical (unpaired) electrons. The predicted octanol–water partition coefficient (Wildman–Crippen LogP) is 1.38. The second-order valence-corrected chi connectivity index (χ2v) is 7.45. The van der Waals surface area contributed by atoms with Crippen LogP contribution in [0.5, 0.6) is 0 Å². The van der Waals surface area contributed by atoms with Gasteiger partial charge in [0, 0.05) is 19.0 Å². The number of nitrogens with one attached hydrogen (secondary N) is 1. The molecular formula is C16H22N4O2S. The average Bonchev–Trinajstić information content (AvgIpc) is 2.85. The van der Waals surface area contributed by atoms with Crippen LogP contribution in [0.2, 0.25) is 0 Å². The summed E-state index contributed by atoms with van der Waals surface area (Å²) in [5.74, 6) is 0.651. The van der Waals surface area contributed by atoms with E-state index in [0.29, 0.717) is 18.9 Å². The number of rotatable bonds is 4. The molecule has 3 rings (SSSR count). The van der Waals surface area contributed by atoms with Gasteiger partial charge in [-0.3, -0.25) is 14.5 Å². The Balaban J connectivity index is 1.85. The Hall–Kier alpha value is -1.73. The number of nitrogens with zero attached hydrogens (tertiary/aromatic N) is 3. The highest BCUT2D eigenvalue weighted by molar-refractivity contribution is 7.18. The quantitative estimate of drug-likeness (QED) is 0.917. The summed E-state index contributed by atoms with van der Waals surface area (Å²) in [4.78, 5) is 37.3. The largest absolute Gasteiger partial charge is 0.348 e. The second kappa shape index (κ2) is 6.41. The number of aryl methyl sites for hydroxylation is 2. The summed E-state index contributed by atoms with van der Waals surface area (Å²) in [6.07, 6.45) is 4.38. The molecule has 1 aliphatic rings. The fraction of sp³-hybridized carbons (Fsp3) is 0.562. The third-order valence-electron chi connectivity index (χ3n) is 4.20. The van der Waals surface area contributed by atoms with Crippen LogP contribution in [0.25, 0.3) is 10.2 Å². The number of aromatic nitrogens is 2. The van der Waals surface area contributed by atoms with E-state index in [2.05, 4.69) is 9.97 Å². The number of likely N-dealkylation sites (N-methyl/N-ethyl adjacent to an activating group) is 2. The molecule has 0 bridgehead atoms. The highest BCUT2D eigenvalue weighted by Gasteiger charge is 2.20. The third-order valence-corrected chi connectivity index (χ3v) is 5.38. The Bertz CT molecular complexity index is 793. The standard InChI is InChI=1S/C16H22N4O2S/c1-19(2)13(21)9-20(3)8-12-17-15(22)14-10-6-4-5-7-11(10)23-16(14)18-12/h4-9H2,1-3H3,(H,17,18,22). The number of amides is 1. The van der Waals surface area contributed by atoms with Crippen LogP contribution in [0, 0.1) is 0 Å². The lowest BCUT2D eigenvalue weighted by molar-refractivity contribution is -0.129. The zero-order chi connectivity index (χ0) is 16.6. The maximum Gasteiger partial charge on any atom is 0.259 e. The lowest BCUT2D eigenvalue weighted by Gasteiger charge is -2.18. The van der Waals surface area contributed by atoms with Gasteiger partial charge in [-0.15, -0.1) is 11.3 Å². The molecule has 1 N–H and O–H groups in total. The first kappa shape index (κ1) is 16.1. The fourth-order valence-electron chi connectivity index (χ4n) is 2.97. The van der Waals surface area contributed by atoms with Crippen LogP contribution in [0.15, 0.2) is 4.79 Å². The Morgan fingerprint density at radius 3 is 2.74 bits per heavy atom. The number of fused-ring (bicyclic) bond motifs is 3. The van der Waals surface area contributed by atoms with Crippen molar-refractivity contribution in [1.82, 2.24) is 19.8 Å². The Labute approximate surface area is 139 Å². The minimum absolute atomic E-state index is 0.0301. The number of hydrogen-bond donors (Lipinski definition) is 1. The van der Waals surface area contributed by atoms with Crippen LogP contribution in [-0.2, 0) is 24.2 Å². The molecule has 0 unspecified atom stereocenters. The first-order chi connectivity index (χ1) is 11.0. The smallest absolute Gasteiger partial charge is 0.259 e. The number of thiophene rings is 1. The van der Waals surface area contributed by atoms with Crippen LogP contribution in [0.3, 0.4) is 0 Å². The summed E-state index contributed by atoms with van der Waals surface area (Å²) in [5, 5.41) is 0.778. The molecule has 1 amide bonds. The van der Waals surface area contributed by atoms with E-state index in [9.17, 15) is 9.59 Å². The van der Waals surface area contributed by atoms with Crippen LogP contribution in [0.1, 0.15) is 29.1 Å². The second-order valence-electron chi connectivity index (χ2n) is 6.36. The van der Waals surface area contributed by atoms with E-state index in [1.165, 1.54) is 16.9 Å². The van der Waals surface area contributed by atoms with Gasteiger partial charge < -0.3 is 9.88 Å². The first-order valence-corrected chi connectivity index (χ1v) is 8.69. The van der Waals surface area contributed by atoms with Gasteiger partial charge >= 0.3 is 0 Å². The SMILES string of the molecule is CN(CC(=O)N(C)C)Cc1nc2sc3c(c2c(=O)[nH]1)CCCC3. The van der Waals surface area contributed by atoms with Gasteiger partial charge in [-0.25, -0.2) is 4.98 Å². The van der Waals surface area contributed by atoms with Crippen molar-refractivity contribution >= 4 is 27.5 Å². The summed E-state index contributed by atoms with van der Waals surface area (Å²) in [6.45, 7) is 0.753. The van der Waals surface area contributed by atoms with Crippen molar-refractivity contribution in [3.8, 4) is 0 Å². The molecule has 2 aromatic rings. The van der Waals surface area contributed by atoms with Crippen LogP contribution in [0.4, 0.5) is 0 Å². The Kier molecular flexibility index (Phi) is 4.50. The molecule has 0 aliphatic heterocycles. The minimum Gasteiger partial charge on any atom is -0.348 e. The van der Waals surface area contributed by atoms with Crippen molar-refractivity contribution in [3.05, 3.63) is 26.6 Å². The molecule has 124 valence electrons. The van der Waals surface area contributed by atoms with Crippen molar-refractivity contribution in [3.63, 3.8) is 0 Å². The lowest BCUT2D eigenvalue weighted by Crippen LogP contribution is -2.34. The molecular weight excluding hydrogens is 312 g/mol. The molecule has 0 aromatic carbocycles. The highest BCUT2D eigenvalue weighted by atomic mass is 32.1. The van der Waals surface area contributed by atoms with Crippen molar-refractivity contribution in [1.29, 1.82) is 0 Å². The summed E-state index contributed by atoms with van der Waals surface area (Å²) >= 11 is 1.65. The molecule has 0 saturated heterocycles. The number of hydrogen-bond acceptors (Lipinski definition) is 5. The van der Waals surface area contributed by atoms with Gasteiger partial charge in [0.25, 0.3) is 5.56 Å². The summed E-state index contributed by atoms with van der Waals surface area (Å²) in [5.41, 5.74) is 1.16. The van der Waals surface area contributed by atoms with Crippen LogP contribution in [-0.4, -0.2) is 53.4 Å². The Morgan fingerprint density at radius 2 is 2.00 bits per heavy atom. The van der Waals surface area contributed by atoms with E-state index in [0.717, 1.165) is 29.5 Å². The topological polar surface area (TPSA) is 69.3 Å². The molecule has 23 heavy (non-hydrogen) atoms. The maximum atomic E-state index is 12.5. The van der Waals surface area contributed by atoms with Gasteiger partial charge in [0.2, 0.25) is 5.91 Å². The van der Waals surface area contributed by atoms with Crippen molar-refractivity contribution < 1.29 is 4.79 Å². The zero-order valence-electron chi connectivity index (χ0n) is 13.8. The Morgan fingerprint density at radius 1 is 1.26 bits per heavy atom. The number of H-pyrrole nitrogens is 1. The van der Waals surface area contributed by atoms with E-state index in [1.807, 2.05) is 11.9 Å². The zero-order valence-corrected chi connectivity index (χ0v) is 14.6. The molecule has 0 spiro atoms. The molecule has 2 aromatic heterocycles. The lowest BCUT2D eigenvalue weighted by atomic mass is 9.97. The summed E-state index contributed by atoms with van der Waals surface area (Å²) < 4.78 is 0. The molecule has 2 heterocycles.